The highest BCUT2D eigenvalue weighted by molar-refractivity contribution is 6.31. The first-order valence-electron chi connectivity index (χ1n) is 8.70. The summed E-state index contributed by atoms with van der Waals surface area (Å²) >= 11 is 6.12. The van der Waals surface area contributed by atoms with Crippen LogP contribution in [0.5, 0.6) is 0 Å². The molecule has 2 fully saturated rings. The molecular formula is C18H24ClN3O2. The molecule has 1 saturated heterocycles. The highest BCUT2D eigenvalue weighted by Gasteiger charge is 2.26. The molecule has 24 heavy (non-hydrogen) atoms. The van der Waals surface area contributed by atoms with E-state index in [4.69, 9.17) is 11.6 Å². The van der Waals surface area contributed by atoms with Crippen molar-refractivity contribution in [1.82, 2.24) is 15.1 Å². The van der Waals surface area contributed by atoms with E-state index in [9.17, 15) is 9.59 Å². The van der Waals surface area contributed by atoms with Gasteiger partial charge in [-0.15, -0.1) is 0 Å². The molecule has 0 unspecified atom stereocenters. The van der Waals surface area contributed by atoms with Gasteiger partial charge in [0, 0.05) is 37.2 Å². The molecule has 1 aromatic carbocycles. The molecule has 2 aliphatic rings. The quantitative estimate of drug-likeness (QED) is 0.912. The molecule has 3 rings (SSSR count). The fourth-order valence-electron chi connectivity index (χ4n) is 3.41. The maximum Gasteiger partial charge on any atom is 0.317 e. The van der Waals surface area contributed by atoms with E-state index in [2.05, 4.69) is 5.32 Å². The third-order valence-electron chi connectivity index (χ3n) is 4.90. The number of benzene rings is 1. The molecular weight excluding hydrogens is 326 g/mol. The molecule has 130 valence electrons. The Morgan fingerprint density at radius 1 is 1.04 bits per heavy atom. The molecule has 0 spiro atoms. The van der Waals surface area contributed by atoms with Crippen LogP contribution in [0.1, 0.15) is 31.2 Å². The van der Waals surface area contributed by atoms with Gasteiger partial charge < -0.3 is 15.1 Å². The zero-order valence-electron chi connectivity index (χ0n) is 13.8. The van der Waals surface area contributed by atoms with Crippen molar-refractivity contribution >= 4 is 23.5 Å². The minimum absolute atomic E-state index is 0.0140. The number of amides is 3. The van der Waals surface area contributed by atoms with E-state index in [0.29, 0.717) is 43.7 Å². The lowest BCUT2D eigenvalue weighted by molar-refractivity contribution is -0.131. The Bertz CT molecular complexity index is 594. The second-order valence-electron chi connectivity index (χ2n) is 6.57. The molecule has 6 heteroatoms. The van der Waals surface area contributed by atoms with E-state index in [1.807, 2.05) is 28.0 Å². The normalized spacial score (nSPS) is 18.7. The van der Waals surface area contributed by atoms with Gasteiger partial charge in [0.2, 0.25) is 5.91 Å². The monoisotopic (exact) mass is 349 g/mol. The van der Waals surface area contributed by atoms with E-state index in [0.717, 1.165) is 18.4 Å². The van der Waals surface area contributed by atoms with Crippen LogP contribution in [0.25, 0.3) is 0 Å². The standard InChI is InChI=1S/C18H24ClN3O2/c19-16-8-4-1-5-14(16)13-17(23)21-9-11-22(12-10-21)18(24)20-15-6-2-3-7-15/h1,4-5,8,15H,2-3,6-7,9-13H2,(H,20,24). The number of nitrogens with one attached hydrogen (secondary N) is 1. The van der Waals surface area contributed by atoms with Crippen molar-refractivity contribution in [3.63, 3.8) is 0 Å². The summed E-state index contributed by atoms with van der Waals surface area (Å²) in [6, 6.07) is 7.77. The molecule has 0 atom stereocenters. The maximum absolute atomic E-state index is 12.4. The largest absolute Gasteiger partial charge is 0.339 e. The van der Waals surface area contributed by atoms with Crippen LogP contribution >= 0.6 is 11.6 Å². The fraction of sp³-hybridized carbons (Fsp3) is 0.556. The van der Waals surface area contributed by atoms with Crippen molar-refractivity contribution in [2.75, 3.05) is 26.2 Å². The van der Waals surface area contributed by atoms with Crippen LogP contribution in [0.15, 0.2) is 24.3 Å². The minimum atomic E-state index is 0.0140. The van der Waals surface area contributed by atoms with Crippen molar-refractivity contribution in [2.45, 2.75) is 38.1 Å². The Hall–Kier alpha value is -1.75. The van der Waals surface area contributed by atoms with E-state index in [1.54, 1.807) is 6.07 Å². The van der Waals surface area contributed by atoms with Crippen LogP contribution in [0.3, 0.4) is 0 Å². The van der Waals surface area contributed by atoms with Crippen LogP contribution in [0, 0.1) is 0 Å². The summed E-state index contributed by atoms with van der Waals surface area (Å²) < 4.78 is 0. The Morgan fingerprint density at radius 2 is 1.67 bits per heavy atom. The first kappa shape index (κ1) is 17.1. The Balaban J connectivity index is 1.46. The predicted molar refractivity (Wildman–Crippen MR) is 94.1 cm³/mol. The van der Waals surface area contributed by atoms with Gasteiger partial charge in [0.05, 0.1) is 6.42 Å². The molecule has 1 aliphatic carbocycles. The second-order valence-corrected chi connectivity index (χ2v) is 6.97. The van der Waals surface area contributed by atoms with Crippen LogP contribution in [0.2, 0.25) is 5.02 Å². The van der Waals surface area contributed by atoms with Gasteiger partial charge in [0.25, 0.3) is 0 Å². The molecule has 1 aromatic rings. The number of piperazine rings is 1. The Labute approximate surface area is 147 Å². The minimum Gasteiger partial charge on any atom is -0.339 e. The van der Waals surface area contributed by atoms with Gasteiger partial charge in [-0.2, -0.15) is 0 Å². The summed E-state index contributed by atoms with van der Waals surface area (Å²) in [5.74, 6) is 0.0685. The molecule has 1 heterocycles. The molecule has 1 aliphatic heterocycles. The van der Waals surface area contributed by atoms with Gasteiger partial charge >= 0.3 is 6.03 Å². The third-order valence-corrected chi connectivity index (χ3v) is 5.27. The van der Waals surface area contributed by atoms with E-state index in [1.165, 1.54) is 12.8 Å². The molecule has 3 amide bonds. The van der Waals surface area contributed by atoms with Crippen molar-refractivity contribution in [2.24, 2.45) is 0 Å². The zero-order valence-corrected chi connectivity index (χ0v) is 14.6. The number of hydrogen-bond acceptors (Lipinski definition) is 2. The average molecular weight is 350 g/mol. The molecule has 0 radical (unpaired) electrons. The molecule has 0 bridgehead atoms. The summed E-state index contributed by atoms with van der Waals surface area (Å²) in [6.07, 6.45) is 4.89. The lowest BCUT2D eigenvalue weighted by atomic mass is 10.1. The van der Waals surface area contributed by atoms with E-state index in [-0.39, 0.29) is 11.9 Å². The number of carbonyl (C=O) groups is 2. The highest BCUT2D eigenvalue weighted by atomic mass is 35.5. The van der Waals surface area contributed by atoms with Crippen LogP contribution < -0.4 is 5.32 Å². The number of carbonyl (C=O) groups excluding carboxylic acids is 2. The van der Waals surface area contributed by atoms with Crippen LogP contribution in [0.4, 0.5) is 4.79 Å². The highest BCUT2D eigenvalue weighted by Crippen LogP contribution is 2.19. The zero-order chi connectivity index (χ0) is 16.9. The summed E-state index contributed by atoms with van der Waals surface area (Å²) in [7, 11) is 0. The average Bonchev–Trinajstić information content (AvgIpc) is 3.10. The van der Waals surface area contributed by atoms with Crippen LogP contribution in [-0.4, -0.2) is 54.0 Å². The van der Waals surface area contributed by atoms with E-state index < -0.39 is 0 Å². The topological polar surface area (TPSA) is 52.7 Å². The Kier molecular flexibility index (Phi) is 5.61. The molecule has 1 N–H and O–H groups in total. The maximum atomic E-state index is 12.4. The second kappa shape index (κ2) is 7.88. The fourth-order valence-corrected chi connectivity index (χ4v) is 3.61. The van der Waals surface area contributed by atoms with E-state index >= 15 is 0 Å². The number of hydrogen-bond donors (Lipinski definition) is 1. The van der Waals surface area contributed by atoms with Crippen molar-refractivity contribution < 1.29 is 9.59 Å². The first-order chi connectivity index (χ1) is 11.6. The summed E-state index contributed by atoms with van der Waals surface area (Å²) in [6.45, 7) is 2.35. The summed E-state index contributed by atoms with van der Waals surface area (Å²) in [5.41, 5.74) is 0.852. The first-order valence-corrected chi connectivity index (χ1v) is 9.08. The van der Waals surface area contributed by atoms with Crippen LogP contribution in [-0.2, 0) is 11.2 Å². The van der Waals surface area contributed by atoms with Gasteiger partial charge in [-0.1, -0.05) is 42.6 Å². The number of urea groups is 1. The number of halogens is 1. The van der Waals surface area contributed by atoms with Crippen molar-refractivity contribution in [1.29, 1.82) is 0 Å². The smallest absolute Gasteiger partial charge is 0.317 e. The van der Waals surface area contributed by atoms with Gasteiger partial charge in [-0.3, -0.25) is 4.79 Å². The number of nitrogens with zero attached hydrogens (tertiary/aromatic N) is 2. The summed E-state index contributed by atoms with van der Waals surface area (Å²) in [5, 5.41) is 3.73. The number of rotatable bonds is 3. The van der Waals surface area contributed by atoms with Gasteiger partial charge in [-0.05, 0) is 24.5 Å². The lowest BCUT2D eigenvalue weighted by Gasteiger charge is -2.35. The summed E-state index contributed by atoms with van der Waals surface area (Å²) in [4.78, 5) is 28.3. The van der Waals surface area contributed by atoms with Gasteiger partial charge in [0.15, 0.2) is 0 Å². The third kappa shape index (κ3) is 4.20. The van der Waals surface area contributed by atoms with Crippen molar-refractivity contribution in [3.8, 4) is 0 Å². The van der Waals surface area contributed by atoms with Gasteiger partial charge in [0.1, 0.15) is 0 Å². The molecule has 0 aromatic heterocycles. The van der Waals surface area contributed by atoms with Crippen molar-refractivity contribution in [3.05, 3.63) is 34.9 Å². The van der Waals surface area contributed by atoms with Gasteiger partial charge in [-0.25, -0.2) is 4.79 Å². The SMILES string of the molecule is O=C(Cc1ccccc1Cl)N1CCN(C(=O)NC2CCCC2)CC1. The molecule has 5 nitrogen and oxygen atoms in total. The Morgan fingerprint density at radius 3 is 2.33 bits per heavy atom. The lowest BCUT2D eigenvalue weighted by Crippen LogP contribution is -2.54. The molecule has 1 saturated carbocycles. The predicted octanol–water partition coefficient (Wildman–Crippen LogP) is 2.68.